The highest BCUT2D eigenvalue weighted by Crippen LogP contribution is 2.24. The molecule has 1 aliphatic heterocycles. The minimum absolute atomic E-state index is 0.0889. The summed E-state index contributed by atoms with van der Waals surface area (Å²) in [5, 5.41) is 3.30. The minimum Gasteiger partial charge on any atom is -0.469 e. The maximum Gasteiger partial charge on any atom is 0.310 e. The Bertz CT molecular complexity index is 369. The molecule has 1 rings (SSSR count). The lowest BCUT2D eigenvalue weighted by Crippen LogP contribution is -2.46. The molecule has 1 heterocycles. The second kappa shape index (κ2) is 6.92. The van der Waals surface area contributed by atoms with E-state index < -0.39 is 0 Å². The zero-order valence-electron chi connectivity index (χ0n) is 13.4. The smallest absolute Gasteiger partial charge is 0.310 e. The summed E-state index contributed by atoms with van der Waals surface area (Å²) in [5.41, 5.74) is -0.261. The standard InChI is InChI=1S/C14H27N3O3/c1-10-7-17(8-11(10)12(18)19-5)13(15-4)16-9-14(2,3)20-6/h10-11H,7-9H2,1-6H3,(H,15,16). The predicted molar refractivity (Wildman–Crippen MR) is 78.7 cm³/mol. The third-order valence-electron chi connectivity index (χ3n) is 3.85. The SMILES string of the molecule is CN=C(NCC(C)(C)OC)N1CC(C)C(C(=O)OC)C1. The molecule has 1 aliphatic rings. The van der Waals surface area contributed by atoms with E-state index in [0.29, 0.717) is 13.1 Å². The summed E-state index contributed by atoms with van der Waals surface area (Å²) >= 11 is 0. The number of guanidine groups is 1. The Balaban J connectivity index is 2.63. The Morgan fingerprint density at radius 1 is 1.40 bits per heavy atom. The highest BCUT2D eigenvalue weighted by atomic mass is 16.5. The van der Waals surface area contributed by atoms with Crippen LogP contribution in [0, 0.1) is 11.8 Å². The van der Waals surface area contributed by atoms with Gasteiger partial charge in [-0.25, -0.2) is 0 Å². The Morgan fingerprint density at radius 2 is 2.05 bits per heavy atom. The Labute approximate surface area is 121 Å². The second-order valence-corrected chi connectivity index (χ2v) is 5.88. The number of aliphatic imine (C=N–C) groups is 1. The van der Waals surface area contributed by atoms with Gasteiger partial charge in [-0.1, -0.05) is 6.92 Å². The number of rotatable bonds is 4. The van der Waals surface area contributed by atoms with E-state index in [0.717, 1.165) is 12.5 Å². The van der Waals surface area contributed by atoms with Crippen molar-refractivity contribution in [1.82, 2.24) is 10.2 Å². The summed E-state index contributed by atoms with van der Waals surface area (Å²) in [5.74, 6) is 0.825. The van der Waals surface area contributed by atoms with Crippen molar-refractivity contribution >= 4 is 11.9 Å². The molecule has 0 aromatic rings. The Kier molecular flexibility index (Phi) is 5.80. The summed E-state index contributed by atoms with van der Waals surface area (Å²) in [6, 6.07) is 0. The first-order chi connectivity index (χ1) is 9.34. The van der Waals surface area contributed by atoms with Gasteiger partial charge in [0.1, 0.15) is 0 Å². The molecule has 1 fully saturated rings. The maximum atomic E-state index is 11.7. The molecule has 0 aromatic carbocycles. The summed E-state index contributed by atoms with van der Waals surface area (Å²) in [7, 11) is 4.87. The quantitative estimate of drug-likeness (QED) is 0.469. The number of nitrogens with zero attached hydrogens (tertiary/aromatic N) is 2. The van der Waals surface area contributed by atoms with Crippen LogP contribution in [0.15, 0.2) is 4.99 Å². The molecule has 2 unspecified atom stereocenters. The van der Waals surface area contributed by atoms with Crippen LogP contribution in [0.25, 0.3) is 0 Å². The van der Waals surface area contributed by atoms with Crippen LogP contribution in [0.3, 0.4) is 0 Å². The molecule has 0 amide bonds. The van der Waals surface area contributed by atoms with Gasteiger partial charge in [0.25, 0.3) is 0 Å². The van der Waals surface area contributed by atoms with Crippen LogP contribution in [-0.2, 0) is 14.3 Å². The maximum absolute atomic E-state index is 11.7. The normalized spacial score (nSPS) is 23.9. The van der Waals surface area contributed by atoms with Crippen molar-refractivity contribution in [1.29, 1.82) is 0 Å². The van der Waals surface area contributed by atoms with E-state index in [-0.39, 0.29) is 23.4 Å². The highest BCUT2D eigenvalue weighted by Gasteiger charge is 2.37. The zero-order valence-corrected chi connectivity index (χ0v) is 13.4. The van der Waals surface area contributed by atoms with E-state index in [2.05, 4.69) is 22.1 Å². The molecule has 116 valence electrons. The summed E-state index contributed by atoms with van der Waals surface area (Å²) in [6.07, 6.45) is 0. The highest BCUT2D eigenvalue weighted by molar-refractivity contribution is 5.82. The molecule has 0 radical (unpaired) electrons. The molecule has 0 spiro atoms. The number of hydrogen-bond donors (Lipinski definition) is 1. The average Bonchev–Trinajstić information content (AvgIpc) is 2.80. The predicted octanol–water partition coefficient (Wildman–Crippen LogP) is 0.728. The first kappa shape index (κ1) is 16.8. The molecule has 20 heavy (non-hydrogen) atoms. The van der Waals surface area contributed by atoms with Crippen molar-refractivity contribution in [3.63, 3.8) is 0 Å². The first-order valence-corrected chi connectivity index (χ1v) is 6.93. The lowest BCUT2D eigenvalue weighted by molar-refractivity contribution is -0.145. The molecule has 1 saturated heterocycles. The van der Waals surface area contributed by atoms with E-state index in [9.17, 15) is 4.79 Å². The first-order valence-electron chi connectivity index (χ1n) is 6.93. The third kappa shape index (κ3) is 4.10. The van der Waals surface area contributed by atoms with Crippen molar-refractivity contribution in [3.05, 3.63) is 0 Å². The van der Waals surface area contributed by atoms with Gasteiger partial charge in [-0.3, -0.25) is 9.79 Å². The number of nitrogens with one attached hydrogen (secondary N) is 1. The zero-order chi connectivity index (χ0) is 15.3. The minimum atomic E-state index is -0.261. The van der Waals surface area contributed by atoms with Crippen molar-refractivity contribution in [2.45, 2.75) is 26.4 Å². The van der Waals surface area contributed by atoms with Gasteiger partial charge in [-0.2, -0.15) is 0 Å². The fourth-order valence-electron chi connectivity index (χ4n) is 2.29. The van der Waals surface area contributed by atoms with Gasteiger partial charge in [0.15, 0.2) is 5.96 Å². The van der Waals surface area contributed by atoms with Crippen molar-refractivity contribution in [2.75, 3.05) is 40.9 Å². The molecule has 0 aromatic heterocycles. The van der Waals surface area contributed by atoms with Crippen LogP contribution >= 0.6 is 0 Å². The van der Waals surface area contributed by atoms with Crippen LogP contribution in [0.4, 0.5) is 0 Å². The van der Waals surface area contributed by atoms with Gasteiger partial charge < -0.3 is 19.7 Å². The second-order valence-electron chi connectivity index (χ2n) is 5.88. The van der Waals surface area contributed by atoms with Crippen LogP contribution in [0.1, 0.15) is 20.8 Å². The lowest BCUT2D eigenvalue weighted by atomic mass is 9.99. The number of esters is 1. The van der Waals surface area contributed by atoms with Crippen LogP contribution < -0.4 is 5.32 Å². The molecule has 2 atom stereocenters. The van der Waals surface area contributed by atoms with E-state index in [1.165, 1.54) is 7.11 Å². The third-order valence-corrected chi connectivity index (χ3v) is 3.85. The van der Waals surface area contributed by atoms with Crippen LogP contribution in [0.2, 0.25) is 0 Å². The fraction of sp³-hybridized carbons (Fsp3) is 0.857. The largest absolute Gasteiger partial charge is 0.469 e. The monoisotopic (exact) mass is 285 g/mol. The molecule has 0 bridgehead atoms. The van der Waals surface area contributed by atoms with Gasteiger partial charge >= 0.3 is 5.97 Å². The Morgan fingerprint density at radius 3 is 2.55 bits per heavy atom. The topological polar surface area (TPSA) is 63.2 Å². The number of carbonyl (C=O) groups is 1. The molecule has 1 N–H and O–H groups in total. The van der Waals surface area contributed by atoms with E-state index in [1.54, 1.807) is 14.2 Å². The van der Waals surface area contributed by atoms with Gasteiger partial charge in [0.05, 0.1) is 18.6 Å². The van der Waals surface area contributed by atoms with E-state index in [4.69, 9.17) is 9.47 Å². The molecule has 6 nitrogen and oxygen atoms in total. The van der Waals surface area contributed by atoms with Gasteiger partial charge in [0, 0.05) is 33.8 Å². The van der Waals surface area contributed by atoms with E-state index >= 15 is 0 Å². The number of hydrogen-bond acceptors (Lipinski definition) is 4. The Hall–Kier alpha value is -1.30. The number of ether oxygens (including phenoxy) is 2. The molecule has 6 heteroatoms. The van der Waals surface area contributed by atoms with Gasteiger partial charge in [-0.15, -0.1) is 0 Å². The molecule has 0 aliphatic carbocycles. The fourth-order valence-corrected chi connectivity index (χ4v) is 2.29. The van der Waals surface area contributed by atoms with Crippen molar-refractivity contribution < 1.29 is 14.3 Å². The molecular formula is C14H27N3O3. The van der Waals surface area contributed by atoms with Crippen LogP contribution in [0.5, 0.6) is 0 Å². The lowest BCUT2D eigenvalue weighted by Gasteiger charge is -2.27. The summed E-state index contributed by atoms with van der Waals surface area (Å²) in [4.78, 5) is 18.1. The van der Waals surface area contributed by atoms with Crippen molar-refractivity contribution in [3.8, 4) is 0 Å². The number of carbonyl (C=O) groups excluding carboxylic acids is 1. The molecule has 0 saturated carbocycles. The van der Waals surface area contributed by atoms with Gasteiger partial charge in [0.2, 0.25) is 0 Å². The molecular weight excluding hydrogens is 258 g/mol. The van der Waals surface area contributed by atoms with Crippen LogP contribution in [-0.4, -0.2) is 63.3 Å². The van der Waals surface area contributed by atoms with Crippen molar-refractivity contribution in [2.24, 2.45) is 16.8 Å². The number of methoxy groups -OCH3 is 2. The summed E-state index contributed by atoms with van der Waals surface area (Å²) in [6.45, 7) is 8.18. The average molecular weight is 285 g/mol. The van der Waals surface area contributed by atoms with E-state index in [1.807, 2.05) is 13.8 Å². The number of likely N-dealkylation sites (tertiary alicyclic amines) is 1. The summed E-state index contributed by atoms with van der Waals surface area (Å²) < 4.78 is 10.2. The van der Waals surface area contributed by atoms with Gasteiger partial charge in [-0.05, 0) is 19.8 Å².